The first-order valence-electron chi connectivity index (χ1n) is 8.57. The molecule has 25 heavy (non-hydrogen) atoms. The number of rotatable bonds is 7. The van der Waals surface area contributed by atoms with Gasteiger partial charge in [-0.15, -0.1) is 0 Å². The van der Waals surface area contributed by atoms with Gasteiger partial charge in [0.25, 0.3) is 11.8 Å². The molecule has 1 unspecified atom stereocenters. The molecule has 2 N–H and O–H groups in total. The maximum absolute atomic E-state index is 12.4. The van der Waals surface area contributed by atoms with Crippen molar-refractivity contribution in [3.63, 3.8) is 0 Å². The summed E-state index contributed by atoms with van der Waals surface area (Å²) in [6.07, 6.45) is 2.39. The maximum Gasteiger partial charge on any atom is 0.269 e. The van der Waals surface area contributed by atoms with Crippen LogP contribution in [0, 0.1) is 5.92 Å². The van der Waals surface area contributed by atoms with Crippen LogP contribution in [-0.2, 0) is 0 Å². The van der Waals surface area contributed by atoms with E-state index in [9.17, 15) is 9.59 Å². The van der Waals surface area contributed by atoms with Crippen LogP contribution >= 0.6 is 0 Å². The van der Waals surface area contributed by atoms with Gasteiger partial charge in [0, 0.05) is 18.3 Å². The first-order valence-corrected chi connectivity index (χ1v) is 8.57. The number of carbonyl (C=O) groups excluding carboxylic acids is 2. The zero-order valence-corrected chi connectivity index (χ0v) is 15.0. The van der Waals surface area contributed by atoms with Gasteiger partial charge in [-0.05, 0) is 37.0 Å². The van der Waals surface area contributed by atoms with Crippen molar-refractivity contribution < 1.29 is 9.59 Å². The predicted molar refractivity (Wildman–Crippen MR) is 98.3 cm³/mol. The number of hydrogen-bond donors (Lipinski definition) is 2. The molecular weight excluding hydrogens is 314 g/mol. The minimum atomic E-state index is -0.258. The van der Waals surface area contributed by atoms with E-state index in [1.165, 1.54) is 12.3 Å². The molecule has 1 atom stereocenters. The Kier molecular flexibility index (Phi) is 6.69. The van der Waals surface area contributed by atoms with E-state index in [1.54, 1.807) is 6.07 Å². The normalized spacial score (nSPS) is 11.8. The van der Waals surface area contributed by atoms with Gasteiger partial charge >= 0.3 is 0 Å². The standard InChI is InChI=1S/C20H25N3O2/c1-14(2)9-11-22-20(25)18-13-17(10-12-21-18)19(24)23-15(3)16-7-5-4-6-8-16/h4-8,10,12-15H,9,11H2,1-3H3,(H,22,25)(H,23,24). The number of pyridine rings is 1. The zero-order valence-electron chi connectivity index (χ0n) is 15.0. The van der Waals surface area contributed by atoms with Crippen LogP contribution < -0.4 is 10.6 Å². The van der Waals surface area contributed by atoms with Crippen LogP contribution in [0.4, 0.5) is 0 Å². The van der Waals surface area contributed by atoms with Gasteiger partial charge in [-0.3, -0.25) is 14.6 Å². The largest absolute Gasteiger partial charge is 0.351 e. The van der Waals surface area contributed by atoms with E-state index in [-0.39, 0.29) is 23.6 Å². The average molecular weight is 339 g/mol. The first kappa shape index (κ1) is 18.6. The third kappa shape index (κ3) is 5.71. The highest BCUT2D eigenvalue weighted by molar-refractivity contribution is 5.98. The fourth-order valence-electron chi connectivity index (χ4n) is 2.37. The Morgan fingerprint density at radius 2 is 1.76 bits per heavy atom. The number of aromatic nitrogens is 1. The third-order valence-electron chi connectivity index (χ3n) is 3.91. The van der Waals surface area contributed by atoms with Crippen molar-refractivity contribution in [3.05, 3.63) is 65.5 Å². The number of nitrogens with one attached hydrogen (secondary N) is 2. The molecule has 2 aromatic rings. The lowest BCUT2D eigenvalue weighted by atomic mass is 10.1. The van der Waals surface area contributed by atoms with Crippen LogP contribution in [0.5, 0.6) is 0 Å². The van der Waals surface area contributed by atoms with Crippen LogP contribution in [0.3, 0.4) is 0 Å². The van der Waals surface area contributed by atoms with E-state index in [0.29, 0.717) is 18.0 Å². The molecule has 132 valence electrons. The van der Waals surface area contributed by atoms with Crippen molar-refractivity contribution in [1.82, 2.24) is 15.6 Å². The Morgan fingerprint density at radius 3 is 2.44 bits per heavy atom. The summed E-state index contributed by atoms with van der Waals surface area (Å²) in [6.45, 7) is 6.72. The van der Waals surface area contributed by atoms with E-state index < -0.39 is 0 Å². The minimum absolute atomic E-state index is 0.120. The second kappa shape index (κ2) is 8.97. The molecule has 1 heterocycles. The van der Waals surface area contributed by atoms with Crippen LogP contribution in [0.1, 0.15) is 59.6 Å². The smallest absolute Gasteiger partial charge is 0.269 e. The molecule has 0 aliphatic heterocycles. The molecule has 5 heteroatoms. The minimum Gasteiger partial charge on any atom is -0.351 e. The van der Waals surface area contributed by atoms with Gasteiger partial charge in [-0.2, -0.15) is 0 Å². The highest BCUT2D eigenvalue weighted by Gasteiger charge is 2.14. The van der Waals surface area contributed by atoms with Crippen LogP contribution in [-0.4, -0.2) is 23.3 Å². The van der Waals surface area contributed by atoms with Crippen molar-refractivity contribution in [2.24, 2.45) is 5.92 Å². The van der Waals surface area contributed by atoms with Crippen LogP contribution in [0.25, 0.3) is 0 Å². The first-order chi connectivity index (χ1) is 12.0. The molecule has 0 spiro atoms. The summed E-state index contributed by atoms with van der Waals surface area (Å²) >= 11 is 0. The monoisotopic (exact) mass is 339 g/mol. The van der Waals surface area contributed by atoms with Gasteiger partial charge in [0.05, 0.1) is 6.04 Å². The number of benzene rings is 1. The molecule has 0 saturated heterocycles. The van der Waals surface area contributed by atoms with Crippen molar-refractivity contribution in [3.8, 4) is 0 Å². The maximum atomic E-state index is 12.4. The molecule has 0 saturated carbocycles. The summed E-state index contributed by atoms with van der Waals surface area (Å²) in [6, 6.07) is 12.7. The molecule has 0 fully saturated rings. The molecule has 1 aromatic heterocycles. The second-order valence-electron chi connectivity index (χ2n) is 6.47. The number of nitrogens with zero attached hydrogens (tertiary/aromatic N) is 1. The van der Waals surface area contributed by atoms with Crippen LogP contribution in [0.2, 0.25) is 0 Å². The van der Waals surface area contributed by atoms with Crippen molar-refractivity contribution >= 4 is 11.8 Å². The van der Waals surface area contributed by atoms with Gasteiger partial charge in [0.15, 0.2) is 0 Å². The average Bonchev–Trinajstić information content (AvgIpc) is 2.62. The Morgan fingerprint density at radius 1 is 1.04 bits per heavy atom. The fourth-order valence-corrected chi connectivity index (χ4v) is 2.37. The molecule has 1 aromatic carbocycles. The van der Waals surface area contributed by atoms with Gasteiger partial charge < -0.3 is 10.6 Å². The van der Waals surface area contributed by atoms with Crippen molar-refractivity contribution in [1.29, 1.82) is 0 Å². The molecular formula is C20H25N3O2. The molecule has 0 aliphatic rings. The van der Waals surface area contributed by atoms with Crippen LogP contribution in [0.15, 0.2) is 48.7 Å². The van der Waals surface area contributed by atoms with E-state index >= 15 is 0 Å². The lowest BCUT2D eigenvalue weighted by Crippen LogP contribution is -2.28. The lowest BCUT2D eigenvalue weighted by Gasteiger charge is -2.14. The SMILES string of the molecule is CC(C)CCNC(=O)c1cc(C(=O)NC(C)c2ccccc2)ccn1. The lowest BCUT2D eigenvalue weighted by molar-refractivity contribution is 0.0939. The quantitative estimate of drug-likeness (QED) is 0.812. The number of hydrogen-bond acceptors (Lipinski definition) is 3. The molecule has 2 amide bonds. The fraction of sp³-hybridized carbons (Fsp3) is 0.350. The molecule has 5 nitrogen and oxygen atoms in total. The van der Waals surface area contributed by atoms with E-state index in [2.05, 4.69) is 29.5 Å². The topological polar surface area (TPSA) is 71.1 Å². The number of amides is 2. The summed E-state index contributed by atoms with van der Waals surface area (Å²) < 4.78 is 0. The predicted octanol–water partition coefficient (Wildman–Crippen LogP) is 3.35. The highest BCUT2D eigenvalue weighted by atomic mass is 16.2. The third-order valence-corrected chi connectivity index (χ3v) is 3.91. The molecule has 0 aliphatic carbocycles. The van der Waals surface area contributed by atoms with E-state index in [0.717, 1.165) is 12.0 Å². The van der Waals surface area contributed by atoms with Gasteiger partial charge in [0.1, 0.15) is 5.69 Å². The van der Waals surface area contributed by atoms with Crippen molar-refractivity contribution in [2.45, 2.75) is 33.2 Å². The Hall–Kier alpha value is -2.69. The Labute approximate surface area is 148 Å². The summed E-state index contributed by atoms with van der Waals surface area (Å²) in [5.41, 5.74) is 1.70. The Balaban J connectivity index is 2.00. The summed E-state index contributed by atoms with van der Waals surface area (Å²) in [7, 11) is 0. The van der Waals surface area contributed by atoms with Crippen molar-refractivity contribution in [2.75, 3.05) is 6.54 Å². The number of carbonyl (C=O) groups is 2. The molecule has 0 bridgehead atoms. The summed E-state index contributed by atoms with van der Waals surface area (Å²) in [5.74, 6) is 0.0336. The van der Waals surface area contributed by atoms with Gasteiger partial charge in [0.2, 0.25) is 0 Å². The van der Waals surface area contributed by atoms with E-state index in [1.807, 2.05) is 37.3 Å². The summed E-state index contributed by atoms with van der Waals surface area (Å²) in [5, 5.41) is 5.77. The van der Waals surface area contributed by atoms with Gasteiger partial charge in [-0.1, -0.05) is 44.2 Å². The molecule has 0 radical (unpaired) electrons. The van der Waals surface area contributed by atoms with Gasteiger partial charge in [-0.25, -0.2) is 0 Å². The second-order valence-corrected chi connectivity index (χ2v) is 6.47. The van der Waals surface area contributed by atoms with E-state index in [4.69, 9.17) is 0 Å². The zero-order chi connectivity index (χ0) is 18.2. The molecule has 2 rings (SSSR count). The highest BCUT2D eigenvalue weighted by Crippen LogP contribution is 2.12. The summed E-state index contributed by atoms with van der Waals surface area (Å²) in [4.78, 5) is 28.6. The Bertz CT molecular complexity index is 714.